The molecule has 0 bridgehead atoms. The lowest BCUT2D eigenvalue weighted by Crippen LogP contribution is -2.37. The van der Waals surface area contributed by atoms with Gasteiger partial charge in [-0.05, 0) is 23.5 Å². The number of alkyl halides is 3. The average Bonchev–Trinajstić information content (AvgIpc) is 2.35. The smallest absolute Gasteiger partial charge is 0.212 e. The SMILES string of the molecule is CC(C)CN(CC(C)C)S(=O)(=O)Cc1cccc(C(F)(F)F)c1. The van der Waals surface area contributed by atoms with Gasteiger partial charge in [0.05, 0.1) is 11.3 Å². The van der Waals surface area contributed by atoms with Crippen molar-refractivity contribution in [1.29, 1.82) is 0 Å². The quantitative estimate of drug-likeness (QED) is 0.740. The number of nitrogens with zero attached hydrogens (tertiary/aromatic N) is 1. The first-order chi connectivity index (χ1) is 10.4. The molecular formula is C16H24F3NO2S. The molecule has 132 valence electrons. The number of halogens is 3. The molecule has 0 aliphatic heterocycles. The minimum absolute atomic E-state index is 0.144. The predicted molar refractivity (Wildman–Crippen MR) is 85.3 cm³/mol. The molecule has 23 heavy (non-hydrogen) atoms. The number of hydrogen-bond acceptors (Lipinski definition) is 2. The lowest BCUT2D eigenvalue weighted by atomic mass is 10.1. The van der Waals surface area contributed by atoms with Crippen molar-refractivity contribution in [3.05, 3.63) is 35.4 Å². The highest BCUT2D eigenvalue weighted by Gasteiger charge is 2.31. The van der Waals surface area contributed by atoms with Crippen LogP contribution in [0.25, 0.3) is 0 Å². The fourth-order valence-corrected chi connectivity index (χ4v) is 4.09. The van der Waals surface area contributed by atoms with Crippen LogP contribution in [0, 0.1) is 11.8 Å². The molecule has 0 unspecified atom stereocenters. The van der Waals surface area contributed by atoms with E-state index in [0.717, 1.165) is 12.1 Å². The first-order valence-corrected chi connectivity index (χ1v) is 9.16. The van der Waals surface area contributed by atoms with E-state index in [9.17, 15) is 21.6 Å². The van der Waals surface area contributed by atoms with E-state index < -0.39 is 27.5 Å². The minimum Gasteiger partial charge on any atom is -0.212 e. The minimum atomic E-state index is -4.48. The molecule has 7 heteroatoms. The highest BCUT2D eigenvalue weighted by molar-refractivity contribution is 7.88. The summed E-state index contributed by atoms with van der Waals surface area (Å²) in [7, 11) is -3.66. The maximum absolute atomic E-state index is 12.7. The zero-order valence-corrected chi connectivity index (χ0v) is 14.7. The van der Waals surface area contributed by atoms with E-state index in [2.05, 4.69) is 0 Å². The summed E-state index contributed by atoms with van der Waals surface area (Å²) in [5.41, 5.74) is -0.679. The van der Waals surface area contributed by atoms with E-state index in [0.29, 0.717) is 13.1 Å². The maximum atomic E-state index is 12.7. The Morgan fingerprint density at radius 1 is 1.04 bits per heavy atom. The predicted octanol–water partition coefficient (Wildman–Crippen LogP) is 4.15. The van der Waals surface area contributed by atoms with Crippen LogP contribution in [-0.4, -0.2) is 25.8 Å². The zero-order chi connectivity index (χ0) is 17.8. The van der Waals surface area contributed by atoms with Crippen LogP contribution in [0.3, 0.4) is 0 Å². The third kappa shape index (κ3) is 6.51. The molecule has 0 aliphatic carbocycles. The van der Waals surface area contributed by atoms with Crippen molar-refractivity contribution >= 4 is 10.0 Å². The van der Waals surface area contributed by atoms with E-state index in [4.69, 9.17) is 0 Å². The van der Waals surface area contributed by atoms with E-state index in [1.54, 1.807) is 0 Å². The Balaban J connectivity index is 3.03. The molecule has 3 nitrogen and oxygen atoms in total. The molecule has 0 aliphatic rings. The Labute approximate surface area is 136 Å². The summed E-state index contributed by atoms with van der Waals surface area (Å²) in [5, 5.41) is 0. The molecule has 0 atom stereocenters. The summed E-state index contributed by atoms with van der Waals surface area (Å²) in [6.07, 6.45) is -4.48. The van der Waals surface area contributed by atoms with Gasteiger partial charge in [-0.25, -0.2) is 12.7 Å². The third-order valence-corrected chi connectivity index (χ3v) is 4.92. The number of rotatable bonds is 7. The first kappa shape index (κ1) is 20.0. The van der Waals surface area contributed by atoms with E-state index in [1.807, 2.05) is 27.7 Å². The van der Waals surface area contributed by atoms with E-state index in [-0.39, 0.29) is 17.4 Å². The van der Waals surface area contributed by atoms with Crippen molar-refractivity contribution in [3.8, 4) is 0 Å². The van der Waals surface area contributed by atoms with Crippen molar-refractivity contribution in [2.75, 3.05) is 13.1 Å². The first-order valence-electron chi connectivity index (χ1n) is 7.55. The second-order valence-corrected chi connectivity index (χ2v) is 8.53. The Hall–Kier alpha value is -1.08. The van der Waals surface area contributed by atoms with E-state index >= 15 is 0 Å². The van der Waals surface area contributed by atoms with Gasteiger partial charge in [-0.2, -0.15) is 13.2 Å². The summed E-state index contributed by atoms with van der Waals surface area (Å²) < 4.78 is 64.8. The van der Waals surface area contributed by atoms with Crippen LogP contribution in [0.4, 0.5) is 13.2 Å². The summed E-state index contributed by atoms with van der Waals surface area (Å²) in [6, 6.07) is 4.50. The molecule has 0 aromatic heterocycles. The Bertz CT molecular complexity index is 600. The van der Waals surface area contributed by atoms with Crippen molar-refractivity contribution in [3.63, 3.8) is 0 Å². The summed E-state index contributed by atoms with van der Waals surface area (Å²) in [6.45, 7) is 8.36. The number of hydrogen-bond donors (Lipinski definition) is 0. The van der Waals surface area contributed by atoms with Gasteiger partial charge in [-0.3, -0.25) is 0 Å². The average molecular weight is 351 g/mol. The molecule has 0 heterocycles. The van der Waals surface area contributed by atoms with Gasteiger partial charge in [-0.1, -0.05) is 45.9 Å². The Morgan fingerprint density at radius 3 is 2.00 bits per heavy atom. The molecule has 0 amide bonds. The molecule has 0 N–H and O–H groups in total. The number of sulfonamides is 1. The lowest BCUT2D eigenvalue weighted by Gasteiger charge is -2.25. The summed E-state index contributed by atoms with van der Waals surface area (Å²) in [4.78, 5) is 0. The molecule has 0 saturated carbocycles. The van der Waals surface area contributed by atoms with Crippen molar-refractivity contribution in [2.45, 2.75) is 39.6 Å². The van der Waals surface area contributed by atoms with Gasteiger partial charge in [0, 0.05) is 13.1 Å². The fraction of sp³-hybridized carbons (Fsp3) is 0.625. The van der Waals surface area contributed by atoms with Crippen molar-refractivity contribution < 1.29 is 21.6 Å². The van der Waals surface area contributed by atoms with Gasteiger partial charge >= 0.3 is 6.18 Å². The molecule has 0 saturated heterocycles. The summed E-state index contributed by atoms with van der Waals surface area (Å²) in [5.74, 6) is -0.133. The molecule has 0 spiro atoms. The van der Waals surface area contributed by atoms with Gasteiger partial charge in [0.1, 0.15) is 0 Å². The van der Waals surface area contributed by atoms with Gasteiger partial charge in [0.15, 0.2) is 0 Å². The van der Waals surface area contributed by atoms with Crippen LogP contribution in [0.2, 0.25) is 0 Å². The molecule has 0 radical (unpaired) electrons. The van der Waals surface area contributed by atoms with Crippen molar-refractivity contribution in [1.82, 2.24) is 4.31 Å². The second-order valence-electron chi connectivity index (χ2n) is 6.56. The monoisotopic (exact) mass is 351 g/mol. The Kier molecular flexibility index (Phi) is 6.65. The molecule has 1 aromatic rings. The molecule has 1 aromatic carbocycles. The fourth-order valence-electron chi connectivity index (χ4n) is 2.26. The molecular weight excluding hydrogens is 327 g/mol. The zero-order valence-electron chi connectivity index (χ0n) is 13.9. The van der Waals surface area contributed by atoms with E-state index in [1.165, 1.54) is 16.4 Å². The van der Waals surface area contributed by atoms with Crippen molar-refractivity contribution in [2.24, 2.45) is 11.8 Å². The van der Waals surface area contributed by atoms with Gasteiger partial charge in [0.25, 0.3) is 0 Å². The van der Waals surface area contributed by atoms with Crippen LogP contribution in [0.15, 0.2) is 24.3 Å². The normalized spacial score (nSPS) is 13.3. The summed E-state index contributed by atoms with van der Waals surface area (Å²) >= 11 is 0. The molecule has 1 rings (SSSR count). The maximum Gasteiger partial charge on any atom is 0.416 e. The van der Waals surface area contributed by atoms with Crippen LogP contribution >= 0.6 is 0 Å². The second kappa shape index (κ2) is 7.66. The van der Waals surface area contributed by atoms with Gasteiger partial charge < -0.3 is 0 Å². The Morgan fingerprint density at radius 2 is 1.57 bits per heavy atom. The van der Waals surface area contributed by atoms with Crippen LogP contribution < -0.4 is 0 Å². The van der Waals surface area contributed by atoms with Gasteiger partial charge in [-0.15, -0.1) is 0 Å². The lowest BCUT2D eigenvalue weighted by molar-refractivity contribution is -0.137. The highest BCUT2D eigenvalue weighted by Crippen LogP contribution is 2.30. The van der Waals surface area contributed by atoms with Crippen LogP contribution in [0.1, 0.15) is 38.8 Å². The molecule has 0 fully saturated rings. The van der Waals surface area contributed by atoms with Crippen LogP contribution in [0.5, 0.6) is 0 Å². The third-order valence-electron chi connectivity index (χ3n) is 3.13. The topological polar surface area (TPSA) is 37.4 Å². The van der Waals surface area contributed by atoms with Crippen LogP contribution in [-0.2, 0) is 22.0 Å². The van der Waals surface area contributed by atoms with Gasteiger partial charge in [0.2, 0.25) is 10.0 Å². The number of benzene rings is 1. The standard InChI is InChI=1S/C16H24F3NO2S/c1-12(2)9-20(10-13(3)4)23(21,22)11-14-6-5-7-15(8-14)16(17,18)19/h5-8,12-13H,9-11H2,1-4H3. The largest absolute Gasteiger partial charge is 0.416 e. The highest BCUT2D eigenvalue weighted by atomic mass is 32.2.